The van der Waals surface area contributed by atoms with Crippen molar-refractivity contribution in [2.75, 3.05) is 6.16 Å². The van der Waals surface area contributed by atoms with E-state index in [9.17, 15) is 14.3 Å². The molecule has 0 bridgehead atoms. The van der Waals surface area contributed by atoms with E-state index in [0.717, 1.165) is 0 Å². The molecular weight excluding hydrogens is 239 g/mol. The number of para-hydroxylation sites is 1. The molecule has 4 nitrogen and oxygen atoms in total. The fraction of sp³-hybridized carbons (Fsp3) is 0.222. The minimum Gasteiger partial charge on any atom is -0.424 e. The molecule has 1 unspecified atom stereocenters. The molecule has 0 saturated carbocycles. The molecule has 1 rings (SSSR count). The minimum atomic E-state index is -3.77. The molecule has 6 heteroatoms. The van der Waals surface area contributed by atoms with Gasteiger partial charge in [0.25, 0.3) is 0 Å². The van der Waals surface area contributed by atoms with E-state index in [1.54, 1.807) is 30.3 Å². The minimum absolute atomic E-state index is 0.178. The van der Waals surface area contributed by atoms with E-state index in [4.69, 9.17) is 16.1 Å². The van der Waals surface area contributed by atoms with Crippen LogP contribution in [0, 0.1) is 0 Å². The Hall–Kier alpha value is -0.830. The van der Waals surface area contributed by atoms with E-state index in [1.807, 2.05) is 0 Å². The number of hydrogen-bond acceptors (Lipinski definition) is 3. The number of benzene rings is 1. The van der Waals surface area contributed by atoms with Crippen LogP contribution in [0.4, 0.5) is 0 Å². The monoisotopic (exact) mass is 248 g/mol. The summed E-state index contributed by atoms with van der Waals surface area (Å²) in [6.07, 6.45) is -0.452. The van der Waals surface area contributed by atoms with Crippen molar-refractivity contribution in [2.45, 2.75) is 6.42 Å². The zero-order valence-electron chi connectivity index (χ0n) is 7.80. The first kappa shape index (κ1) is 12.2. The fourth-order valence-corrected chi connectivity index (χ4v) is 2.18. The van der Waals surface area contributed by atoms with Crippen LogP contribution in [0.5, 0.6) is 5.75 Å². The second-order valence-corrected chi connectivity index (χ2v) is 5.20. The summed E-state index contributed by atoms with van der Waals surface area (Å²) in [5.74, 6) is 0.297. The number of carbonyl (C=O) groups is 1. The van der Waals surface area contributed by atoms with Crippen molar-refractivity contribution >= 4 is 24.4 Å². The zero-order chi connectivity index (χ0) is 11.3. The van der Waals surface area contributed by atoms with Crippen molar-refractivity contribution in [3.63, 3.8) is 0 Å². The zero-order valence-corrected chi connectivity index (χ0v) is 9.45. The highest BCUT2D eigenvalue weighted by Crippen LogP contribution is 2.43. The molecule has 0 aromatic heterocycles. The molecule has 15 heavy (non-hydrogen) atoms. The third kappa shape index (κ3) is 4.98. The Bertz CT molecular complexity index is 379. The van der Waals surface area contributed by atoms with Crippen LogP contribution < -0.4 is 4.52 Å². The summed E-state index contributed by atoms with van der Waals surface area (Å²) in [4.78, 5) is 19.8. The smallest absolute Gasteiger partial charge is 0.377 e. The van der Waals surface area contributed by atoms with Gasteiger partial charge in [-0.25, -0.2) is 4.57 Å². The van der Waals surface area contributed by atoms with E-state index in [2.05, 4.69) is 0 Å². The quantitative estimate of drug-likeness (QED) is 0.642. The summed E-state index contributed by atoms with van der Waals surface area (Å²) in [6, 6.07) is 8.25. The van der Waals surface area contributed by atoms with Gasteiger partial charge in [-0.1, -0.05) is 18.2 Å². The molecule has 0 aliphatic rings. The largest absolute Gasteiger partial charge is 0.424 e. The van der Waals surface area contributed by atoms with E-state index < -0.39 is 12.8 Å². The molecule has 0 amide bonds. The standard InChI is InChI=1S/C9H10ClO4P/c10-9(11)6-7-15(12,13)14-8-4-2-1-3-5-8/h1-5H,6-7H2,(H,12,13). The Morgan fingerprint density at radius 1 is 1.40 bits per heavy atom. The van der Waals surface area contributed by atoms with E-state index in [1.165, 1.54) is 0 Å². The molecular formula is C9H10ClO4P. The highest BCUT2D eigenvalue weighted by molar-refractivity contribution is 7.53. The molecule has 1 aromatic rings. The van der Waals surface area contributed by atoms with Crippen LogP contribution in [-0.4, -0.2) is 16.3 Å². The number of hydrogen-bond donors (Lipinski definition) is 1. The average Bonchev–Trinajstić information content (AvgIpc) is 2.16. The Morgan fingerprint density at radius 2 is 2.00 bits per heavy atom. The normalized spacial score (nSPS) is 14.3. The van der Waals surface area contributed by atoms with Gasteiger partial charge in [0.05, 0.1) is 6.16 Å². The van der Waals surface area contributed by atoms with Gasteiger partial charge in [-0.05, 0) is 23.7 Å². The first-order chi connectivity index (χ1) is 6.99. The Morgan fingerprint density at radius 3 is 2.53 bits per heavy atom. The third-order valence-electron chi connectivity index (χ3n) is 1.58. The topological polar surface area (TPSA) is 63.6 Å². The van der Waals surface area contributed by atoms with Crippen LogP contribution in [0.25, 0.3) is 0 Å². The van der Waals surface area contributed by atoms with Gasteiger partial charge in [0.2, 0.25) is 5.24 Å². The second-order valence-electron chi connectivity index (χ2n) is 2.87. The highest BCUT2D eigenvalue weighted by Gasteiger charge is 2.21. The molecule has 1 atom stereocenters. The van der Waals surface area contributed by atoms with Gasteiger partial charge in [0, 0.05) is 6.42 Å². The molecule has 82 valence electrons. The first-order valence-corrected chi connectivity index (χ1v) is 6.38. The predicted molar refractivity (Wildman–Crippen MR) is 57.2 cm³/mol. The molecule has 0 radical (unpaired) electrons. The van der Waals surface area contributed by atoms with Crippen LogP contribution in [0.2, 0.25) is 0 Å². The van der Waals surface area contributed by atoms with Gasteiger partial charge in [-0.3, -0.25) is 4.79 Å². The summed E-state index contributed by atoms with van der Waals surface area (Å²) in [5, 5.41) is -0.652. The van der Waals surface area contributed by atoms with Crippen molar-refractivity contribution in [1.82, 2.24) is 0 Å². The van der Waals surface area contributed by atoms with Crippen LogP contribution in [0.15, 0.2) is 30.3 Å². The van der Waals surface area contributed by atoms with Gasteiger partial charge in [0.1, 0.15) is 5.75 Å². The highest BCUT2D eigenvalue weighted by atomic mass is 35.5. The van der Waals surface area contributed by atoms with Gasteiger partial charge in [-0.15, -0.1) is 0 Å². The maximum Gasteiger partial charge on any atom is 0.377 e. The molecule has 0 heterocycles. The van der Waals surface area contributed by atoms with Crippen molar-refractivity contribution in [1.29, 1.82) is 0 Å². The SMILES string of the molecule is O=C(Cl)CCP(=O)(O)Oc1ccccc1. The summed E-state index contributed by atoms with van der Waals surface area (Å²) < 4.78 is 16.3. The lowest BCUT2D eigenvalue weighted by Gasteiger charge is -2.11. The number of halogens is 1. The molecule has 1 N–H and O–H groups in total. The fourth-order valence-electron chi connectivity index (χ4n) is 0.921. The Balaban J connectivity index is 2.57. The summed E-state index contributed by atoms with van der Waals surface area (Å²) in [6.45, 7) is 0. The molecule has 0 saturated heterocycles. The van der Waals surface area contributed by atoms with Crippen molar-refractivity contribution in [3.8, 4) is 5.75 Å². The van der Waals surface area contributed by atoms with E-state index in [0.29, 0.717) is 5.75 Å². The van der Waals surface area contributed by atoms with Crippen molar-refractivity contribution in [3.05, 3.63) is 30.3 Å². The second kappa shape index (κ2) is 5.31. The molecule has 0 fully saturated rings. The van der Waals surface area contributed by atoms with Crippen LogP contribution in [0.3, 0.4) is 0 Å². The van der Waals surface area contributed by atoms with Gasteiger partial charge in [0.15, 0.2) is 0 Å². The van der Waals surface area contributed by atoms with Crippen molar-refractivity contribution in [2.24, 2.45) is 0 Å². The van der Waals surface area contributed by atoms with Gasteiger partial charge >= 0.3 is 7.60 Å². The van der Waals surface area contributed by atoms with Gasteiger partial charge in [-0.2, -0.15) is 0 Å². The van der Waals surface area contributed by atoms with Crippen LogP contribution >= 0.6 is 19.2 Å². The molecule has 1 aromatic carbocycles. The number of rotatable bonds is 5. The van der Waals surface area contributed by atoms with Crippen molar-refractivity contribution < 1.29 is 18.8 Å². The molecule has 0 aliphatic carbocycles. The van der Waals surface area contributed by atoms with E-state index >= 15 is 0 Å². The Kier molecular flexibility index (Phi) is 4.33. The third-order valence-corrected chi connectivity index (χ3v) is 3.06. The van der Waals surface area contributed by atoms with E-state index in [-0.39, 0.29) is 12.6 Å². The van der Waals surface area contributed by atoms with Crippen LogP contribution in [0.1, 0.15) is 6.42 Å². The lowest BCUT2D eigenvalue weighted by atomic mass is 10.3. The summed E-state index contributed by atoms with van der Waals surface area (Å²) in [7, 11) is -3.77. The summed E-state index contributed by atoms with van der Waals surface area (Å²) >= 11 is 5.06. The first-order valence-electron chi connectivity index (χ1n) is 4.24. The average molecular weight is 249 g/mol. The van der Waals surface area contributed by atoms with Crippen LogP contribution in [-0.2, 0) is 9.36 Å². The maximum absolute atomic E-state index is 11.4. The lowest BCUT2D eigenvalue weighted by Crippen LogP contribution is -2.00. The molecule has 0 aliphatic heterocycles. The van der Waals surface area contributed by atoms with Gasteiger partial charge < -0.3 is 9.42 Å². The predicted octanol–water partition coefficient (Wildman–Crippen LogP) is 2.41. The maximum atomic E-state index is 11.4. The molecule has 0 spiro atoms. The Labute approximate surface area is 92.4 Å². The lowest BCUT2D eigenvalue weighted by molar-refractivity contribution is -0.111. The number of carbonyl (C=O) groups excluding carboxylic acids is 1. The summed E-state index contributed by atoms with van der Waals surface area (Å²) in [5.41, 5.74) is 0.